The minimum Gasteiger partial charge on any atom is -0.276 e. The van der Waals surface area contributed by atoms with E-state index >= 15 is 0 Å². The quantitative estimate of drug-likeness (QED) is 0.518. The van der Waals surface area contributed by atoms with E-state index in [1.165, 1.54) is 0 Å². The third-order valence-electron chi connectivity index (χ3n) is 3.54. The molecule has 0 spiro atoms. The van der Waals surface area contributed by atoms with Gasteiger partial charge in [-0.05, 0) is 18.6 Å². The Hall–Kier alpha value is -2.08. The lowest BCUT2D eigenvalue weighted by Crippen LogP contribution is -2.23. The van der Waals surface area contributed by atoms with Gasteiger partial charge in [0.2, 0.25) is 5.78 Å². The first-order valence-electron chi connectivity index (χ1n) is 7.38. The van der Waals surface area contributed by atoms with Crippen molar-refractivity contribution in [3.63, 3.8) is 0 Å². The van der Waals surface area contributed by atoms with Crippen LogP contribution in [0.15, 0.2) is 46.9 Å². The summed E-state index contributed by atoms with van der Waals surface area (Å²) >= 11 is 1.57. The Balaban J connectivity index is 2.33. The Labute approximate surface area is 132 Å². The van der Waals surface area contributed by atoms with Gasteiger partial charge in [-0.1, -0.05) is 43.3 Å². The number of aryl methyl sites for hydroxylation is 1. The van der Waals surface area contributed by atoms with Gasteiger partial charge in [0.1, 0.15) is 0 Å². The van der Waals surface area contributed by atoms with E-state index in [4.69, 9.17) is 0 Å². The van der Waals surface area contributed by atoms with Gasteiger partial charge in [-0.25, -0.2) is 0 Å². The highest BCUT2D eigenvalue weighted by molar-refractivity contribution is 7.99. The second-order valence-corrected chi connectivity index (χ2v) is 6.03. The van der Waals surface area contributed by atoms with Crippen molar-refractivity contribution in [1.82, 2.24) is 19.2 Å². The molecule has 0 radical (unpaired) electrons. The molecule has 0 fully saturated rings. The van der Waals surface area contributed by atoms with Crippen molar-refractivity contribution in [2.75, 3.05) is 5.75 Å². The van der Waals surface area contributed by atoms with Gasteiger partial charge in [0.05, 0.1) is 10.9 Å². The zero-order valence-corrected chi connectivity index (χ0v) is 13.3. The van der Waals surface area contributed by atoms with Crippen LogP contribution in [0.2, 0.25) is 0 Å². The second kappa shape index (κ2) is 6.36. The van der Waals surface area contributed by atoms with E-state index in [1.807, 2.05) is 34.7 Å². The summed E-state index contributed by atoms with van der Waals surface area (Å²) in [6.07, 6.45) is 3.80. The molecule has 2 heterocycles. The Bertz CT molecular complexity index is 881. The van der Waals surface area contributed by atoms with E-state index in [0.717, 1.165) is 29.3 Å². The normalized spacial score (nSPS) is 11.3. The summed E-state index contributed by atoms with van der Waals surface area (Å²) < 4.78 is 3.71. The van der Waals surface area contributed by atoms with Crippen LogP contribution in [0.5, 0.6) is 0 Å². The molecule has 1 aromatic carbocycles. The third-order valence-corrected chi connectivity index (χ3v) is 4.47. The highest BCUT2D eigenvalue weighted by Gasteiger charge is 2.15. The minimum absolute atomic E-state index is 0.00391. The molecular formula is C16H18N4OS. The molecule has 0 saturated carbocycles. The summed E-state index contributed by atoms with van der Waals surface area (Å²) in [6.45, 7) is 6.51. The monoisotopic (exact) mass is 314 g/mol. The lowest BCUT2D eigenvalue weighted by Gasteiger charge is -2.10. The average molecular weight is 314 g/mol. The maximum absolute atomic E-state index is 12.7. The first-order chi connectivity index (χ1) is 10.8. The summed E-state index contributed by atoms with van der Waals surface area (Å²) in [4.78, 5) is 12.7. The molecule has 2 aromatic heterocycles. The molecule has 0 atom stereocenters. The number of rotatable bonds is 6. The maximum atomic E-state index is 12.7. The number of aromatic nitrogens is 4. The summed E-state index contributed by atoms with van der Waals surface area (Å²) in [5.41, 5.74) is 0.857. The van der Waals surface area contributed by atoms with Gasteiger partial charge in [-0.2, -0.15) is 0 Å². The van der Waals surface area contributed by atoms with Crippen LogP contribution in [-0.4, -0.2) is 24.9 Å². The van der Waals surface area contributed by atoms with Crippen LogP contribution >= 0.6 is 11.8 Å². The molecule has 5 nitrogen and oxygen atoms in total. The van der Waals surface area contributed by atoms with E-state index in [2.05, 4.69) is 23.7 Å². The fourth-order valence-electron chi connectivity index (χ4n) is 2.48. The Kier molecular flexibility index (Phi) is 4.29. The van der Waals surface area contributed by atoms with Crippen LogP contribution in [0.4, 0.5) is 0 Å². The van der Waals surface area contributed by atoms with Crippen LogP contribution in [0.1, 0.15) is 19.8 Å². The SMILES string of the molecule is C=CCSc1nnc2n(CCCC)c(=O)c3ccccc3n12. The van der Waals surface area contributed by atoms with E-state index < -0.39 is 0 Å². The molecule has 3 rings (SSSR count). The van der Waals surface area contributed by atoms with Crippen LogP contribution in [0.25, 0.3) is 16.7 Å². The average Bonchev–Trinajstić information content (AvgIpc) is 2.97. The van der Waals surface area contributed by atoms with E-state index in [-0.39, 0.29) is 5.56 Å². The molecule has 0 aliphatic heterocycles. The smallest absolute Gasteiger partial charge is 0.262 e. The molecule has 0 aliphatic carbocycles. The van der Waals surface area contributed by atoms with Crippen LogP contribution in [-0.2, 0) is 6.54 Å². The summed E-state index contributed by atoms with van der Waals surface area (Å²) in [7, 11) is 0. The van der Waals surface area contributed by atoms with Crippen LogP contribution in [0.3, 0.4) is 0 Å². The number of hydrogen-bond acceptors (Lipinski definition) is 4. The number of fused-ring (bicyclic) bond motifs is 3. The molecular weight excluding hydrogens is 296 g/mol. The second-order valence-electron chi connectivity index (χ2n) is 5.05. The molecule has 114 valence electrons. The zero-order valence-electron chi connectivity index (χ0n) is 12.5. The van der Waals surface area contributed by atoms with Crippen molar-refractivity contribution in [3.05, 3.63) is 47.3 Å². The molecule has 22 heavy (non-hydrogen) atoms. The molecule has 6 heteroatoms. The molecule has 0 aliphatic rings. The minimum atomic E-state index is 0.00391. The van der Waals surface area contributed by atoms with Gasteiger partial charge in [0, 0.05) is 12.3 Å². The molecule has 0 N–H and O–H groups in total. The van der Waals surface area contributed by atoms with E-state index in [9.17, 15) is 4.79 Å². The first-order valence-corrected chi connectivity index (χ1v) is 8.36. The maximum Gasteiger partial charge on any atom is 0.262 e. The van der Waals surface area contributed by atoms with Gasteiger partial charge < -0.3 is 0 Å². The van der Waals surface area contributed by atoms with Gasteiger partial charge in [-0.3, -0.25) is 13.8 Å². The Morgan fingerprint density at radius 3 is 2.91 bits per heavy atom. The number of hydrogen-bond donors (Lipinski definition) is 0. The predicted octanol–water partition coefficient (Wildman–Crippen LogP) is 3.12. The van der Waals surface area contributed by atoms with Crippen molar-refractivity contribution >= 4 is 28.4 Å². The van der Waals surface area contributed by atoms with Crippen molar-refractivity contribution in [1.29, 1.82) is 0 Å². The molecule has 0 unspecified atom stereocenters. The molecule has 0 bridgehead atoms. The molecule has 0 amide bonds. The largest absolute Gasteiger partial charge is 0.276 e. The number of thioether (sulfide) groups is 1. The highest BCUT2D eigenvalue weighted by atomic mass is 32.2. The van der Waals surface area contributed by atoms with Gasteiger partial charge in [0.15, 0.2) is 5.16 Å². The standard InChI is InChI=1S/C16H18N4OS/c1-3-5-10-19-14(21)12-8-6-7-9-13(12)20-15(19)17-18-16(20)22-11-4-2/h4,6-9H,2-3,5,10-11H2,1H3. The van der Waals surface area contributed by atoms with Crippen LogP contribution in [0, 0.1) is 0 Å². The van der Waals surface area contributed by atoms with E-state index in [1.54, 1.807) is 16.3 Å². The fraction of sp³-hybridized carbons (Fsp3) is 0.312. The van der Waals surface area contributed by atoms with Gasteiger partial charge in [0.25, 0.3) is 5.56 Å². The number of para-hydroxylation sites is 1. The summed E-state index contributed by atoms with van der Waals surface area (Å²) in [5, 5.41) is 10.0. The number of unbranched alkanes of at least 4 members (excludes halogenated alkanes) is 1. The number of benzene rings is 1. The zero-order chi connectivity index (χ0) is 15.5. The lowest BCUT2D eigenvalue weighted by atomic mass is 10.2. The third kappa shape index (κ3) is 2.43. The van der Waals surface area contributed by atoms with Crippen molar-refractivity contribution in [3.8, 4) is 0 Å². The van der Waals surface area contributed by atoms with Crippen molar-refractivity contribution < 1.29 is 0 Å². The number of nitrogens with zero attached hydrogens (tertiary/aromatic N) is 4. The fourth-order valence-corrected chi connectivity index (χ4v) is 3.15. The first kappa shape index (κ1) is 14.8. The van der Waals surface area contributed by atoms with Gasteiger partial charge in [-0.15, -0.1) is 16.8 Å². The lowest BCUT2D eigenvalue weighted by molar-refractivity contribution is 0.620. The Morgan fingerprint density at radius 2 is 2.14 bits per heavy atom. The molecule has 0 saturated heterocycles. The van der Waals surface area contributed by atoms with E-state index in [0.29, 0.717) is 17.7 Å². The highest BCUT2D eigenvalue weighted by Crippen LogP contribution is 2.21. The molecule has 3 aromatic rings. The summed E-state index contributed by atoms with van der Waals surface area (Å²) in [6, 6.07) is 7.62. The van der Waals surface area contributed by atoms with Crippen LogP contribution < -0.4 is 5.56 Å². The topological polar surface area (TPSA) is 52.2 Å². The van der Waals surface area contributed by atoms with Crippen molar-refractivity contribution in [2.24, 2.45) is 0 Å². The van der Waals surface area contributed by atoms with Gasteiger partial charge >= 0.3 is 0 Å². The predicted molar refractivity (Wildman–Crippen MR) is 90.6 cm³/mol. The van der Waals surface area contributed by atoms with Crippen molar-refractivity contribution in [2.45, 2.75) is 31.5 Å². The Morgan fingerprint density at radius 1 is 1.32 bits per heavy atom. The summed E-state index contributed by atoms with van der Waals surface area (Å²) in [5.74, 6) is 1.37.